The monoisotopic (exact) mass is 524 g/mol. The molecule has 5 aliphatic rings. The van der Waals surface area contributed by atoms with Gasteiger partial charge in [0.05, 0.1) is 18.1 Å². The van der Waals surface area contributed by atoms with E-state index in [2.05, 4.69) is 12.6 Å². The molecule has 1 unspecified atom stereocenters. The van der Waals surface area contributed by atoms with Crippen LogP contribution in [0.15, 0.2) is 23.8 Å². The second-order valence-electron chi connectivity index (χ2n) is 12.3. The van der Waals surface area contributed by atoms with E-state index in [0.29, 0.717) is 19.4 Å². The van der Waals surface area contributed by atoms with Gasteiger partial charge >= 0.3 is 5.97 Å². The molecule has 4 aliphatic carbocycles. The zero-order valence-electron chi connectivity index (χ0n) is 21.1. The highest BCUT2D eigenvalue weighted by atomic mass is 32.1. The Labute approximate surface area is 215 Å². The van der Waals surface area contributed by atoms with Crippen LogP contribution in [0.1, 0.15) is 53.4 Å². The Balaban J connectivity index is 1.60. The molecule has 9 heteroatoms. The lowest BCUT2D eigenvalue weighted by atomic mass is 9.44. The lowest BCUT2D eigenvalue weighted by Crippen LogP contribution is -2.70. The van der Waals surface area contributed by atoms with Crippen molar-refractivity contribution in [2.75, 3.05) is 13.2 Å². The minimum atomic E-state index is -2.27. The summed E-state index contributed by atoms with van der Waals surface area (Å²) in [6.45, 7) is 7.32. The SMILES string of the molecule is C[C@@H]1C[C@H]2[C@@H]3C[C@H](F)C4=CC(=O)C=C[C@]4(C)[C@@]3(F)[C@@H](O)C[C@]2(C)[C@@]1(OC(=O)C1(C)CCOC1)C(=O)S. The van der Waals surface area contributed by atoms with E-state index in [1.54, 1.807) is 20.8 Å². The van der Waals surface area contributed by atoms with Gasteiger partial charge in [0, 0.05) is 29.3 Å². The number of thiol groups is 1. The largest absolute Gasteiger partial charge is 0.449 e. The molecule has 0 bridgehead atoms. The fourth-order valence-electron chi connectivity index (χ4n) is 8.34. The molecule has 0 aromatic carbocycles. The van der Waals surface area contributed by atoms with Gasteiger partial charge in [0.1, 0.15) is 6.17 Å². The Kier molecular flexibility index (Phi) is 5.76. The van der Waals surface area contributed by atoms with Gasteiger partial charge in [-0.3, -0.25) is 14.4 Å². The van der Waals surface area contributed by atoms with E-state index in [1.807, 2.05) is 0 Å². The molecular formula is C27H34F2O6S. The van der Waals surface area contributed by atoms with E-state index in [9.17, 15) is 19.5 Å². The summed E-state index contributed by atoms with van der Waals surface area (Å²) in [7, 11) is 0. The third kappa shape index (κ3) is 2.99. The summed E-state index contributed by atoms with van der Waals surface area (Å²) in [5.74, 6) is -3.07. The van der Waals surface area contributed by atoms with Crippen LogP contribution < -0.4 is 0 Å². The molecule has 36 heavy (non-hydrogen) atoms. The van der Waals surface area contributed by atoms with Gasteiger partial charge in [-0.1, -0.05) is 19.9 Å². The molecule has 0 radical (unpaired) electrons. The van der Waals surface area contributed by atoms with Crippen molar-refractivity contribution in [3.8, 4) is 0 Å². The summed E-state index contributed by atoms with van der Waals surface area (Å²) in [5.41, 5.74) is -7.57. The van der Waals surface area contributed by atoms with Crippen LogP contribution in [0.25, 0.3) is 0 Å². The average molecular weight is 525 g/mol. The first-order valence-corrected chi connectivity index (χ1v) is 13.1. The van der Waals surface area contributed by atoms with E-state index in [-0.39, 0.29) is 25.0 Å². The maximum Gasteiger partial charge on any atom is 0.315 e. The van der Waals surface area contributed by atoms with Gasteiger partial charge in [-0.05, 0) is 63.2 Å². The number of ketones is 1. The smallest absolute Gasteiger partial charge is 0.315 e. The Morgan fingerprint density at radius 1 is 1.22 bits per heavy atom. The van der Waals surface area contributed by atoms with E-state index >= 15 is 8.78 Å². The summed E-state index contributed by atoms with van der Waals surface area (Å²) in [4.78, 5) is 38.7. The maximum absolute atomic E-state index is 17.3. The van der Waals surface area contributed by atoms with E-state index in [0.717, 1.165) is 6.08 Å². The number of hydrogen-bond acceptors (Lipinski definition) is 6. The lowest BCUT2D eigenvalue weighted by Gasteiger charge is -2.63. The number of hydrogen-bond donors (Lipinski definition) is 2. The highest BCUT2D eigenvalue weighted by Crippen LogP contribution is 2.72. The van der Waals surface area contributed by atoms with Gasteiger partial charge in [-0.2, -0.15) is 0 Å². The zero-order valence-corrected chi connectivity index (χ0v) is 21.9. The second kappa shape index (κ2) is 7.96. The Bertz CT molecular complexity index is 1080. The summed E-state index contributed by atoms with van der Waals surface area (Å²) >= 11 is 4.19. The van der Waals surface area contributed by atoms with Crippen LogP contribution in [0.4, 0.5) is 8.78 Å². The first-order chi connectivity index (χ1) is 16.7. The fourth-order valence-corrected chi connectivity index (χ4v) is 8.86. The number of carbonyl (C=O) groups is 3. The Morgan fingerprint density at radius 2 is 1.92 bits per heavy atom. The molecule has 0 spiro atoms. The normalized spacial score (nSPS) is 51.7. The minimum Gasteiger partial charge on any atom is -0.449 e. The van der Waals surface area contributed by atoms with Gasteiger partial charge in [0.25, 0.3) is 0 Å². The zero-order chi connectivity index (χ0) is 26.5. The number of fused-ring (bicyclic) bond motifs is 5. The van der Waals surface area contributed by atoms with Crippen molar-refractivity contribution in [3.63, 3.8) is 0 Å². The molecule has 5 rings (SSSR count). The summed E-state index contributed by atoms with van der Waals surface area (Å²) in [6, 6.07) is 0. The predicted octanol–water partition coefficient (Wildman–Crippen LogP) is 3.72. The molecular weight excluding hydrogens is 490 g/mol. The van der Waals surface area contributed by atoms with Crippen molar-refractivity contribution in [2.45, 2.75) is 76.9 Å². The highest BCUT2D eigenvalue weighted by molar-refractivity contribution is 7.96. The number of alkyl halides is 2. The molecule has 1 heterocycles. The third-order valence-electron chi connectivity index (χ3n) is 10.5. The van der Waals surface area contributed by atoms with Crippen LogP contribution in [0.2, 0.25) is 0 Å². The Hall–Kier alpha value is -1.58. The summed E-state index contributed by atoms with van der Waals surface area (Å²) in [5, 5.41) is 10.8. The molecule has 4 fully saturated rings. The van der Waals surface area contributed by atoms with Crippen LogP contribution in [-0.2, 0) is 23.9 Å². The molecule has 0 amide bonds. The van der Waals surface area contributed by atoms with Gasteiger partial charge in [-0.25, -0.2) is 8.78 Å². The quantitative estimate of drug-likeness (QED) is 0.432. The molecule has 10 atom stereocenters. The van der Waals surface area contributed by atoms with Crippen molar-refractivity contribution in [2.24, 2.45) is 34.0 Å². The van der Waals surface area contributed by atoms with Gasteiger partial charge in [0.15, 0.2) is 17.1 Å². The topological polar surface area (TPSA) is 89.9 Å². The summed E-state index contributed by atoms with van der Waals surface area (Å²) < 4.78 is 44.5. The van der Waals surface area contributed by atoms with Crippen molar-refractivity contribution in [3.05, 3.63) is 23.8 Å². The van der Waals surface area contributed by atoms with E-state index in [1.165, 1.54) is 19.1 Å². The number of carbonyl (C=O) groups excluding carboxylic acids is 3. The molecule has 0 aromatic heterocycles. The lowest BCUT2D eigenvalue weighted by molar-refractivity contribution is -0.231. The standard InChI is InChI=1S/C27H34F2O6S/c1-14-9-16-17-11-19(28)18-10-15(30)5-6-24(18,3)26(17,29)20(31)12-25(16,4)27(14,22(33)36)35-21(32)23(2)7-8-34-13-23/h5-6,10,14,16-17,19-20,31H,7-9,11-13H2,1-4H3,(H,33,36)/t14-,16+,17+,19+,20+,23?,24+,25+,26+,27+/m1/s1. The maximum atomic E-state index is 17.3. The second-order valence-corrected chi connectivity index (χ2v) is 12.7. The molecule has 1 saturated heterocycles. The van der Waals surface area contributed by atoms with Crippen LogP contribution in [-0.4, -0.2) is 58.7 Å². The number of allylic oxidation sites excluding steroid dienone is 4. The fraction of sp³-hybridized carbons (Fsp3) is 0.741. The third-order valence-corrected chi connectivity index (χ3v) is 10.8. The first kappa shape index (κ1) is 26.0. The molecule has 198 valence electrons. The van der Waals surface area contributed by atoms with Crippen molar-refractivity contribution in [1.29, 1.82) is 0 Å². The highest BCUT2D eigenvalue weighted by Gasteiger charge is 2.78. The Morgan fingerprint density at radius 3 is 2.53 bits per heavy atom. The number of aliphatic hydroxyl groups is 1. The van der Waals surface area contributed by atoms with Crippen molar-refractivity contribution < 1.29 is 37.7 Å². The average Bonchev–Trinajstić information content (AvgIpc) is 3.33. The van der Waals surface area contributed by atoms with Crippen LogP contribution in [0.5, 0.6) is 0 Å². The predicted molar refractivity (Wildman–Crippen MR) is 130 cm³/mol. The minimum absolute atomic E-state index is 0.0413. The van der Waals surface area contributed by atoms with E-state index in [4.69, 9.17) is 9.47 Å². The molecule has 6 nitrogen and oxygen atoms in total. The van der Waals surface area contributed by atoms with Crippen LogP contribution >= 0.6 is 12.6 Å². The summed E-state index contributed by atoms with van der Waals surface area (Å²) in [6.07, 6.45) is 0.910. The van der Waals surface area contributed by atoms with Crippen molar-refractivity contribution in [1.82, 2.24) is 0 Å². The number of halogens is 2. The van der Waals surface area contributed by atoms with Gasteiger partial charge in [-0.15, -0.1) is 12.6 Å². The number of ether oxygens (including phenoxy) is 2. The number of esters is 1. The number of aliphatic hydroxyl groups excluding tert-OH is 1. The van der Waals surface area contributed by atoms with Crippen LogP contribution in [0, 0.1) is 34.0 Å². The van der Waals surface area contributed by atoms with Crippen LogP contribution in [0.3, 0.4) is 0 Å². The van der Waals surface area contributed by atoms with Gasteiger partial charge in [0.2, 0.25) is 5.12 Å². The van der Waals surface area contributed by atoms with Crippen molar-refractivity contribution >= 4 is 29.5 Å². The molecule has 3 saturated carbocycles. The molecule has 1 N–H and O–H groups in total. The molecule has 0 aromatic rings. The number of rotatable bonds is 3. The van der Waals surface area contributed by atoms with Gasteiger partial charge < -0.3 is 14.6 Å². The molecule has 1 aliphatic heterocycles. The van der Waals surface area contributed by atoms with E-state index < -0.39 is 74.4 Å². The first-order valence-electron chi connectivity index (χ1n) is 12.7.